The highest BCUT2D eigenvalue weighted by Gasteiger charge is 2.35. The number of nitriles is 1. The van der Waals surface area contributed by atoms with Gasteiger partial charge in [-0.15, -0.1) is 0 Å². The number of anilines is 1. The highest BCUT2D eigenvalue weighted by molar-refractivity contribution is 6.01. The average molecular weight is 381 g/mol. The second-order valence-corrected chi connectivity index (χ2v) is 6.97. The van der Waals surface area contributed by atoms with Crippen molar-refractivity contribution in [3.05, 3.63) is 101 Å². The van der Waals surface area contributed by atoms with Gasteiger partial charge >= 0.3 is 0 Å². The Bertz CT molecular complexity index is 1090. The minimum absolute atomic E-state index is 0.167. The van der Waals surface area contributed by atoms with Crippen LogP contribution in [0, 0.1) is 11.3 Å². The maximum Gasteiger partial charge on any atom is 0.254 e. The Labute approximate surface area is 169 Å². The van der Waals surface area contributed by atoms with E-state index in [1.165, 1.54) is 0 Å². The molecule has 1 aliphatic heterocycles. The van der Waals surface area contributed by atoms with Crippen LogP contribution in [0.5, 0.6) is 0 Å². The minimum Gasteiger partial charge on any atom is -0.324 e. The summed E-state index contributed by atoms with van der Waals surface area (Å²) in [5.41, 5.74) is 3.81. The summed E-state index contributed by atoms with van der Waals surface area (Å²) in [5, 5.41) is 11.8. The summed E-state index contributed by atoms with van der Waals surface area (Å²) in [7, 11) is 0. The van der Waals surface area contributed by atoms with Crippen LogP contribution in [0.1, 0.15) is 27.0 Å². The molecular formula is C24H19N3O2. The predicted octanol–water partition coefficient (Wildman–Crippen LogP) is 3.76. The first-order chi connectivity index (χ1) is 14.2. The van der Waals surface area contributed by atoms with Crippen LogP contribution in [0.3, 0.4) is 0 Å². The van der Waals surface area contributed by atoms with Crippen LogP contribution in [-0.2, 0) is 17.8 Å². The fourth-order valence-electron chi connectivity index (χ4n) is 3.57. The molecule has 29 heavy (non-hydrogen) atoms. The molecule has 1 aliphatic rings. The van der Waals surface area contributed by atoms with E-state index in [0.29, 0.717) is 29.8 Å². The quantitative estimate of drug-likeness (QED) is 0.751. The summed E-state index contributed by atoms with van der Waals surface area (Å²) in [6, 6.07) is 25.0. The molecule has 1 heterocycles. The molecule has 0 spiro atoms. The molecule has 0 unspecified atom stereocenters. The smallest absolute Gasteiger partial charge is 0.254 e. The molecule has 0 saturated heterocycles. The first-order valence-electron chi connectivity index (χ1n) is 9.39. The number of hydrogen-bond acceptors (Lipinski definition) is 3. The van der Waals surface area contributed by atoms with Crippen LogP contribution in [0.25, 0.3) is 0 Å². The van der Waals surface area contributed by atoms with Crippen molar-refractivity contribution in [1.29, 1.82) is 5.26 Å². The van der Waals surface area contributed by atoms with Crippen molar-refractivity contribution < 1.29 is 9.59 Å². The van der Waals surface area contributed by atoms with Gasteiger partial charge in [-0.05, 0) is 47.5 Å². The number of carbonyl (C=O) groups excluding carboxylic acids is 2. The van der Waals surface area contributed by atoms with Crippen molar-refractivity contribution in [2.24, 2.45) is 0 Å². The largest absolute Gasteiger partial charge is 0.324 e. The maximum absolute atomic E-state index is 13.2. The molecule has 2 amide bonds. The molecular weight excluding hydrogens is 362 g/mol. The van der Waals surface area contributed by atoms with Gasteiger partial charge in [-0.1, -0.05) is 42.5 Å². The van der Waals surface area contributed by atoms with Gasteiger partial charge in [0.25, 0.3) is 5.91 Å². The lowest BCUT2D eigenvalue weighted by atomic mass is 9.92. The van der Waals surface area contributed by atoms with E-state index in [1.54, 1.807) is 41.3 Å². The topological polar surface area (TPSA) is 73.2 Å². The lowest BCUT2D eigenvalue weighted by Gasteiger charge is -2.36. The van der Waals surface area contributed by atoms with E-state index in [-0.39, 0.29) is 11.8 Å². The van der Waals surface area contributed by atoms with Crippen LogP contribution < -0.4 is 5.32 Å². The van der Waals surface area contributed by atoms with Crippen molar-refractivity contribution in [2.45, 2.75) is 19.0 Å². The number of hydrogen-bond donors (Lipinski definition) is 1. The summed E-state index contributed by atoms with van der Waals surface area (Å²) >= 11 is 0. The number of benzene rings is 3. The lowest BCUT2D eigenvalue weighted by Crippen LogP contribution is -2.50. The Morgan fingerprint density at radius 3 is 2.24 bits per heavy atom. The fraction of sp³-hybridized carbons (Fsp3) is 0.125. The van der Waals surface area contributed by atoms with Gasteiger partial charge in [0.2, 0.25) is 5.91 Å². The van der Waals surface area contributed by atoms with Crippen molar-refractivity contribution in [3.63, 3.8) is 0 Å². The van der Waals surface area contributed by atoms with Gasteiger partial charge in [0.1, 0.15) is 6.04 Å². The van der Waals surface area contributed by atoms with Crippen LogP contribution in [0.4, 0.5) is 5.69 Å². The lowest BCUT2D eigenvalue weighted by molar-refractivity contribution is -0.121. The molecule has 142 valence electrons. The zero-order valence-corrected chi connectivity index (χ0v) is 15.7. The van der Waals surface area contributed by atoms with Crippen molar-refractivity contribution in [2.75, 3.05) is 5.32 Å². The molecule has 0 aliphatic carbocycles. The third-order valence-electron chi connectivity index (χ3n) is 5.11. The molecule has 4 rings (SSSR count). The Balaban J connectivity index is 1.63. The first kappa shape index (κ1) is 18.5. The maximum atomic E-state index is 13.2. The van der Waals surface area contributed by atoms with Gasteiger partial charge in [-0.25, -0.2) is 0 Å². The zero-order chi connectivity index (χ0) is 20.2. The monoisotopic (exact) mass is 381 g/mol. The number of carbonyl (C=O) groups is 2. The Morgan fingerprint density at radius 2 is 1.55 bits per heavy atom. The number of nitrogens with zero attached hydrogens (tertiary/aromatic N) is 2. The van der Waals surface area contributed by atoms with Gasteiger partial charge < -0.3 is 10.2 Å². The molecule has 0 saturated carbocycles. The van der Waals surface area contributed by atoms with Gasteiger partial charge in [-0.3, -0.25) is 9.59 Å². The number of nitrogens with one attached hydrogen (secondary N) is 1. The van der Waals surface area contributed by atoms with Crippen molar-refractivity contribution in [3.8, 4) is 6.07 Å². The predicted molar refractivity (Wildman–Crippen MR) is 110 cm³/mol. The average Bonchev–Trinajstić information content (AvgIpc) is 2.78. The van der Waals surface area contributed by atoms with E-state index < -0.39 is 6.04 Å². The second kappa shape index (κ2) is 7.99. The molecule has 0 radical (unpaired) electrons. The van der Waals surface area contributed by atoms with Crippen LogP contribution >= 0.6 is 0 Å². The Kier molecular flexibility index (Phi) is 5.08. The number of fused-ring (bicyclic) bond motifs is 1. The molecule has 5 heteroatoms. The van der Waals surface area contributed by atoms with E-state index in [1.807, 2.05) is 42.5 Å². The third-order valence-corrected chi connectivity index (χ3v) is 5.11. The van der Waals surface area contributed by atoms with Crippen LogP contribution in [-0.4, -0.2) is 22.8 Å². The van der Waals surface area contributed by atoms with E-state index in [2.05, 4.69) is 11.4 Å². The molecule has 1 N–H and O–H groups in total. The highest BCUT2D eigenvalue weighted by atomic mass is 16.2. The second-order valence-electron chi connectivity index (χ2n) is 6.97. The Hall–Kier alpha value is -3.91. The molecule has 3 aromatic rings. The molecule has 0 fully saturated rings. The van der Waals surface area contributed by atoms with Crippen molar-refractivity contribution >= 4 is 17.5 Å². The van der Waals surface area contributed by atoms with E-state index >= 15 is 0 Å². The third kappa shape index (κ3) is 3.87. The number of amides is 2. The van der Waals surface area contributed by atoms with E-state index in [9.17, 15) is 9.59 Å². The van der Waals surface area contributed by atoms with Crippen molar-refractivity contribution in [1.82, 2.24) is 4.90 Å². The van der Waals surface area contributed by atoms with Gasteiger partial charge in [0.05, 0.1) is 11.6 Å². The first-order valence-corrected chi connectivity index (χ1v) is 9.39. The summed E-state index contributed by atoms with van der Waals surface area (Å²) in [6.45, 7) is 0.384. The normalized spacial score (nSPS) is 15.1. The van der Waals surface area contributed by atoms with Gasteiger partial charge in [0.15, 0.2) is 0 Å². The van der Waals surface area contributed by atoms with E-state index in [0.717, 1.165) is 11.1 Å². The Morgan fingerprint density at radius 1 is 0.897 bits per heavy atom. The molecule has 1 atom stereocenters. The summed E-state index contributed by atoms with van der Waals surface area (Å²) in [6.07, 6.45) is 0.455. The summed E-state index contributed by atoms with van der Waals surface area (Å²) in [5.74, 6) is -0.409. The molecule has 5 nitrogen and oxygen atoms in total. The highest BCUT2D eigenvalue weighted by Crippen LogP contribution is 2.26. The standard InChI is InChI=1S/C24H19N3O2/c25-15-17-10-12-21(13-11-17)26-23(28)22-14-19-8-4-5-9-20(19)16-27(22)24(29)18-6-2-1-3-7-18/h1-13,22H,14,16H2,(H,26,28)/t22-/m0/s1. The zero-order valence-electron chi connectivity index (χ0n) is 15.7. The summed E-state index contributed by atoms with van der Waals surface area (Å²) in [4.78, 5) is 27.9. The molecule has 0 aromatic heterocycles. The van der Waals surface area contributed by atoms with E-state index in [4.69, 9.17) is 5.26 Å². The molecule has 3 aromatic carbocycles. The van der Waals surface area contributed by atoms with Crippen LogP contribution in [0.15, 0.2) is 78.9 Å². The summed E-state index contributed by atoms with van der Waals surface area (Å²) < 4.78 is 0. The SMILES string of the molecule is N#Cc1ccc(NC(=O)[C@@H]2Cc3ccccc3CN2C(=O)c2ccccc2)cc1. The fourth-order valence-corrected chi connectivity index (χ4v) is 3.57. The molecule has 0 bridgehead atoms. The van der Waals surface area contributed by atoms with Crippen LogP contribution in [0.2, 0.25) is 0 Å². The van der Waals surface area contributed by atoms with Gasteiger partial charge in [-0.2, -0.15) is 5.26 Å². The minimum atomic E-state index is -0.617. The number of rotatable bonds is 3. The van der Waals surface area contributed by atoms with Gasteiger partial charge in [0, 0.05) is 24.2 Å².